The van der Waals surface area contributed by atoms with Gasteiger partial charge in [-0.25, -0.2) is 13.6 Å². The first-order valence-electron chi connectivity index (χ1n) is 10.3. The highest BCUT2D eigenvalue weighted by Crippen LogP contribution is 2.26. The van der Waals surface area contributed by atoms with Crippen molar-refractivity contribution >= 4 is 28.5 Å². The predicted octanol–water partition coefficient (Wildman–Crippen LogP) is 4.97. The highest BCUT2D eigenvalue weighted by Gasteiger charge is 2.21. The Kier molecular flexibility index (Phi) is 4.55. The quantitative estimate of drug-likeness (QED) is 0.301. The minimum absolute atomic E-state index is 0.114. The summed E-state index contributed by atoms with van der Waals surface area (Å²) in [6.45, 7) is 5.68. The molecule has 0 saturated heterocycles. The zero-order valence-electron chi connectivity index (χ0n) is 18.3. The molecule has 0 saturated carbocycles. The molecule has 0 aliphatic rings. The summed E-state index contributed by atoms with van der Waals surface area (Å²) >= 11 is 0. The molecule has 2 aromatic carbocycles. The van der Waals surface area contributed by atoms with E-state index in [-0.39, 0.29) is 11.6 Å². The maximum Gasteiger partial charge on any atom is 0.191 e. The van der Waals surface area contributed by atoms with Crippen molar-refractivity contribution in [2.24, 2.45) is 7.05 Å². The lowest BCUT2D eigenvalue weighted by atomic mass is 10.1. The van der Waals surface area contributed by atoms with Crippen molar-refractivity contribution in [3.63, 3.8) is 0 Å². The van der Waals surface area contributed by atoms with Gasteiger partial charge in [-0.3, -0.25) is 4.79 Å². The van der Waals surface area contributed by atoms with E-state index in [2.05, 4.69) is 10.2 Å². The topological polar surface area (TPSA) is 57.1 Å². The maximum atomic E-state index is 13.3. The number of aryl methyl sites for hydroxylation is 3. The average Bonchev–Trinajstić information content (AvgIpc) is 3.37. The summed E-state index contributed by atoms with van der Waals surface area (Å²) in [7, 11) is 1.94. The number of hydrogen-bond acceptors (Lipinski definition) is 3. The number of ketones is 1. The van der Waals surface area contributed by atoms with Gasteiger partial charge in [-0.05, 0) is 69.3 Å². The summed E-state index contributed by atoms with van der Waals surface area (Å²) in [5.41, 5.74) is 7.31. The normalized spacial score (nSPS) is 11.9. The fourth-order valence-corrected chi connectivity index (χ4v) is 4.29. The zero-order valence-corrected chi connectivity index (χ0v) is 18.3. The van der Waals surface area contributed by atoms with E-state index in [0.717, 1.165) is 39.3 Å². The number of nitrogens with zero attached hydrogens (tertiary/aromatic N) is 5. The van der Waals surface area contributed by atoms with Gasteiger partial charge in [-0.2, -0.15) is 10.2 Å². The Balaban J connectivity index is 1.55. The van der Waals surface area contributed by atoms with Gasteiger partial charge in [0.15, 0.2) is 5.78 Å². The van der Waals surface area contributed by atoms with E-state index in [0.29, 0.717) is 11.3 Å². The van der Waals surface area contributed by atoms with E-state index in [1.165, 1.54) is 12.1 Å². The summed E-state index contributed by atoms with van der Waals surface area (Å²) in [5.74, 6) is -0.408. The number of allylic oxidation sites excluding steroid dienone is 1. The molecule has 3 aromatic heterocycles. The molecular weight excluding hydrogens is 405 g/mol. The highest BCUT2D eigenvalue weighted by molar-refractivity contribution is 6.12. The summed E-state index contributed by atoms with van der Waals surface area (Å²) in [5, 5.41) is 9.19. The number of rotatable bonds is 4. The number of halogens is 1. The van der Waals surface area contributed by atoms with Crippen molar-refractivity contribution in [1.82, 2.24) is 24.0 Å². The Labute approximate surface area is 184 Å². The fraction of sp³-hybridized carbons (Fsp3) is 0.160. The number of fused-ring (bicyclic) bond motifs is 3. The van der Waals surface area contributed by atoms with Crippen molar-refractivity contribution in [2.75, 3.05) is 0 Å². The lowest BCUT2D eigenvalue weighted by Crippen LogP contribution is -2.00. The SMILES string of the molecule is Cc1nn(-c2ccc(F)cc2)c(C)c1/C=C/C(=O)c1c(C)nn2c3ccccc3n(C)c12. The minimum Gasteiger partial charge on any atom is -0.327 e. The van der Waals surface area contributed by atoms with Gasteiger partial charge in [0.2, 0.25) is 0 Å². The third kappa shape index (κ3) is 2.97. The lowest BCUT2D eigenvalue weighted by Gasteiger charge is -2.04. The molecule has 5 aromatic rings. The van der Waals surface area contributed by atoms with Crippen LogP contribution in [0.5, 0.6) is 0 Å². The molecule has 0 amide bonds. The van der Waals surface area contributed by atoms with Gasteiger partial charge in [-0.15, -0.1) is 0 Å². The fourth-order valence-electron chi connectivity index (χ4n) is 4.29. The van der Waals surface area contributed by atoms with Crippen LogP contribution in [0.3, 0.4) is 0 Å². The molecule has 0 N–H and O–H groups in total. The number of para-hydroxylation sites is 2. The van der Waals surface area contributed by atoms with E-state index < -0.39 is 0 Å². The third-order valence-corrected chi connectivity index (χ3v) is 5.89. The van der Waals surface area contributed by atoms with Gasteiger partial charge in [0.25, 0.3) is 0 Å². The van der Waals surface area contributed by atoms with Crippen molar-refractivity contribution < 1.29 is 9.18 Å². The van der Waals surface area contributed by atoms with Crippen LogP contribution in [0.25, 0.3) is 28.4 Å². The van der Waals surface area contributed by atoms with Gasteiger partial charge in [-0.1, -0.05) is 12.1 Å². The van der Waals surface area contributed by atoms with Crippen LogP contribution in [0.15, 0.2) is 54.6 Å². The van der Waals surface area contributed by atoms with Gasteiger partial charge in [0.1, 0.15) is 11.5 Å². The van der Waals surface area contributed by atoms with Crippen LogP contribution in [0.2, 0.25) is 0 Å². The molecule has 0 spiro atoms. The van der Waals surface area contributed by atoms with Crippen LogP contribution < -0.4 is 0 Å². The summed E-state index contributed by atoms with van der Waals surface area (Å²) in [6.07, 6.45) is 3.37. The number of aromatic nitrogens is 5. The lowest BCUT2D eigenvalue weighted by molar-refractivity contribution is 0.104. The molecule has 0 aliphatic heterocycles. The predicted molar refractivity (Wildman–Crippen MR) is 123 cm³/mol. The smallest absolute Gasteiger partial charge is 0.191 e. The van der Waals surface area contributed by atoms with Crippen molar-refractivity contribution in [3.05, 3.63) is 88.6 Å². The van der Waals surface area contributed by atoms with E-state index in [1.54, 1.807) is 29.0 Å². The molecule has 6 nitrogen and oxygen atoms in total. The second-order valence-corrected chi connectivity index (χ2v) is 7.91. The molecular formula is C25H22FN5O. The molecule has 0 radical (unpaired) electrons. The van der Waals surface area contributed by atoms with E-state index in [1.807, 2.05) is 61.2 Å². The van der Waals surface area contributed by atoms with Crippen LogP contribution in [0, 0.1) is 26.6 Å². The Hall–Kier alpha value is -4.00. The van der Waals surface area contributed by atoms with Crippen LogP contribution in [-0.4, -0.2) is 29.7 Å². The first-order valence-corrected chi connectivity index (χ1v) is 10.3. The Bertz CT molecular complexity index is 1530. The number of imidazole rings is 1. The van der Waals surface area contributed by atoms with Crippen LogP contribution >= 0.6 is 0 Å². The second kappa shape index (κ2) is 7.30. The molecule has 7 heteroatoms. The monoisotopic (exact) mass is 427 g/mol. The molecule has 0 bridgehead atoms. The van der Waals surface area contributed by atoms with Crippen LogP contribution in [-0.2, 0) is 7.05 Å². The Morgan fingerprint density at radius 3 is 2.34 bits per heavy atom. The Morgan fingerprint density at radius 1 is 0.938 bits per heavy atom. The van der Waals surface area contributed by atoms with Crippen molar-refractivity contribution in [3.8, 4) is 5.69 Å². The van der Waals surface area contributed by atoms with Crippen LogP contribution in [0.1, 0.15) is 33.0 Å². The molecule has 0 fully saturated rings. The van der Waals surface area contributed by atoms with E-state index >= 15 is 0 Å². The second-order valence-electron chi connectivity index (χ2n) is 7.91. The summed E-state index contributed by atoms with van der Waals surface area (Å²) < 4.78 is 18.9. The third-order valence-electron chi connectivity index (χ3n) is 5.89. The molecule has 5 rings (SSSR count). The average molecular weight is 427 g/mol. The molecule has 0 unspecified atom stereocenters. The van der Waals surface area contributed by atoms with Crippen molar-refractivity contribution in [1.29, 1.82) is 0 Å². The zero-order chi connectivity index (χ0) is 22.6. The molecule has 3 heterocycles. The number of carbonyl (C=O) groups is 1. The summed E-state index contributed by atoms with van der Waals surface area (Å²) in [6, 6.07) is 14.1. The molecule has 32 heavy (non-hydrogen) atoms. The standard InChI is InChI=1S/C25H22FN5O/c1-15-20(17(3)30(27-15)19-11-9-18(26)10-12-19)13-14-23(32)24-16(2)28-31-22-8-6-5-7-21(22)29(4)25(24)31/h5-14H,1-4H3/b14-13+. The van der Waals surface area contributed by atoms with Gasteiger partial charge < -0.3 is 4.57 Å². The number of benzene rings is 2. The maximum absolute atomic E-state index is 13.3. The molecule has 0 atom stereocenters. The molecule has 0 aliphatic carbocycles. The van der Waals surface area contributed by atoms with Crippen LogP contribution in [0.4, 0.5) is 4.39 Å². The van der Waals surface area contributed by atoms with Crippen molar-refractivity contribution in [2.45, 2.75) is 20.8 Å². The first-order chi connectivity index (χ1) is 15.4. The highest BCUT2D eigenvalue weighted by atomic mass is 19.1. The number of hydrogen-bond donors (Lipinski definition) is 0. The van der Waals surface area contributed by atoms with Gasteiger partial charge >= 0.3 is 0 Å². The summed E-state index contributed by atoms with van der Waals surface area (Å²) in [4.78, 5) is 13.3. The van der Waals surface area contributed by atoms with Gasteiger partial charge in [0, 0.05) is 18.3 Å². The first kappa shape index (κ1) is 19.9. The van der Waals surface area contributed by atoms with E-state index in [9.17, 15) is 9.18 Å². The largest absolute Gasteiger partial charge is 0.327 e. The van der Waals surface area contributed by atoms with Gasteiger partial charge in [0.05, 0.1) is 33.7 Å². The Morgan fingerprint density at radius 2 is 1.62 bits per heavy atom. The molecule has 160 valence electrons. The van der Waals surface area contributed by atoms with E-state index in [4.69, 9.17) is 0 Å². The number of carbonyl (C=O) groups excluding carboxylic acids is 1. The minimum atomic E-state index is -0.294.